The molecular formula is C18H12BrN5OS. The normalized spacial score (nSPS) is 10.8. The van der Waals surface area contributed by atoms with Gasteiger partial charge in [0.15, 0.2) is 5.65 Å². The summed E-state index contributed by atoms with van der Waals surface area (Å²) in [5, 5.41) is 7.90. The van der Waals surface area contributed by atoms with Gasteiger partial charge in [0.1, 0.15) is 10.8 Å². The van der Waals surface area contributed by atoms with Crippen molar-refractivity contribution in [3.8, 4) is 0 Å². The van der Waals surface area contributed by atoms with Gasteiger partial charge in [-0.2, -0.15) is 9.61 Å². The number of hydrogen-bond acceptors (Lipinski definition) is 5. The first-order chi connectivity index (χ1) is 12.7. The van der Waals surface area contributed by atoms with Gasteiger partial charge in [-0.05, 0) is 46.3 Å². The Hall–Kier alpha value is -2.71. The van der Waals surface area contributed by atoms with E-state index >= 15 is 0 Å². The third-order valence-corrected chi connectivity index (χ3v) is 5.07. The van der Waals surface area contributed by atoms with Crippen molar-refractivity contribution in [3.05, 3.63) is 77.2 Å². The van der Waals surface area contributed by atoms with Gasteiger partial charge in [0.2, 0.25) is 0 Å². The van der Waals surface area contributed by atoms with E-state index in [4.69, 9.17) is 0 Å². The van der Waals surface area contributed by atoms with Crippen LogP contribution in [0, 0.1) is 0 Å². The Morgan fingerprint density at radius 3 is 2.77 bits per heavy atom. The lowest BCUT2D eigenvalue weighted by Gasteiger charge is -2.10. The lowest BCUT2D eigenvalue weighted by molar-refractivity contribution is 0.102. The van der Waals surface area contributed by atoms with Crippen molar-refractivity contribution in [2.24, 2.45) is 0 Å². The van der Waals surface area contributed by atoms with Crippen molar-refractivity contribution in [2.75, 3.05) is 5.32 Å². The molecule has 3 heterocycles. The van der Waals surface area contributed by atoms with Crippen LogP contribution in [0.25, 0.3) is 5.65 Å². The Morgan fingerprint density at radius 2 is 1.92 bits per heavy atom. The van der Waals surface area contributed by atoms with Gasteiger partial charge < -0.3 is 5.32 Å². The number of anilines is 1. The molecule has 0 aliphatic heterocycles. The van der Waals surface area contributed by atoms with Crippen molar-refractivity contribution in [1.82, 2.24) is 19.6 Å². The van der Waals surface area contributed by atoms with E-state index in [2.05, 4.69) is 36.3 Å². The van der Waals surface area contributed by atoms with E-state index in [1.807, 2.05) is 30.3 Å². The summed E-state index contributed by atoms with van der Waals surface area (Å²) in [5.41, 5.74) is 1.24. The number of carbonyl (C=O) groups is 1. The molecule has 1 N–H and O–H groups in total. The van der Waals surface area contributed by atoms with Gasteiger partial charge >= 0.3 is 0 Å². The fourth-order valence-electron chi connectivity index (χ4n) is 2.39. The number of nitrogens with zero attached hydrogens (tertiary/aromatic N) is 4. The van der Waals surface area contributed by atoms with Gasteiger partial charge in [0, 0.05) is 27.8 Å². The zero-order valence-electron chi connectivity index (χ0n) is 13.3. The van der Waals surface area contributed by atoms with Crippen LogP contribution in [0.4, 0.5) is 5.82 Å². The van der Waals surface area contributed by atoms with Gasteiger partial charge in [-0.3, -0.25) is 4.79 Å². The molecule has 1 aromatic carbocycles. The molecule has 8 heteroatoms. The smallest absolute Gasteiger partial charge is 0.257 e. The number of nitrogens with one attached hydrogen (secondary N) is 1. The molecule has 0 unspecified atom stereocenters. The quantitative estimate of drug-likeness (QED) is 0.527. The molecule has 4 aromatic rings. The molecule has 6 nitrogen and oxygen atoms in total. The van der Waals surface area contributed by atoms with Gasteiger partial charge in [-0.1, -0.05) is 23.9 Å². The number of halogens is 1. The van der Waals surface area contributed by atoms with E-state index in [0.29, 0.717) is 17.0 Å². The Bertz CT molecular complexity index is 1080. The second-order valence-electron chi connectivity index (χ2n) is 5.30. The number of carbonyl (C=O) groups excluding carboxylic acids is 1. The van der Waals surface area contributed by atoms with Crippen molar-refractivity contribution in [3.63, 3.8) is 0 Å². The fraction of sp³-hybridized carbons (Fsp3) is 0. The SMILES string of the molecule is O=C(Nc1ccnc2ccnn12)c1ccccc1Sc1ccc(Br)cn1. The highest BCUT2D eigenvalue weighted by Crippen LogP contribution is 2.30. The molecular weight excluding hydrogens is 414 g/mol. The molecule has 0 aliphatic rings. The highest BCUT2D eigenvalue weighted by atomic mass is 79.9. The molecule has 128 valence electrons. The van der Waals surface area contributed by atoms with Crippen LogP contribution in [0.3, 0.4) is 0 Å². The van der Waals surface area contributed by atoms with E-state index in [0.717, 1.165) is 14.4 Å². The first-order valence-corrected chi connectivity index (χ1v) is 9.30. The van der Waals surface area contributed by atoms with Crippen molar-refractivity contribution < 1.29 is 4.79 Å². The largest absolute Gasteiger partial charge is 0.306 e. The van der Waals surface area contributed by atoms with Crippen molar-refractivity contribution in [2.45, 2.75) is 9.92 Å². The van der Waals surface area contributed by atoms with Crippen LogP contribution in [0.1, 0.15) is 10.4 Å². The number of benzene rings is 1. The zero-order chi connectivity index (χ0) is 17.9. The van der Waals surface area contributed by atoms with Gasteiger partial charge in [-0.25, -0.2) is 9.97 Å². The zero-order valence-corrected chi connectivity index (χ0v) is 15.7. The Balaban J connectivity index is 1.62. The Kier molecular flexibility index (Phi) is 4.68. The summed E-state index contributed by atoms with van der Waals surface area (Å²) in [6.07, 6.45) is 5.01. The summed E-state index contributed by atoms with van der Waals surface area (Å²) in [6.45, 7) is 0. The number of fused-ring (bicyclic) bond motifs is 1. The molecule has 0 bridgehead atoms. The van der Waals surface area contributed by atoms with Crippen LogP contribution in [-0.2, 0) is 0 Å². The molecule has 0 saturated heterocycles. The van der Waals surface area contributed by atoms with E-state index in [1.54, 1.807) is 41.3 Å². The van der Waals surface area contributed by atoms with Crippen LogP contribution in [-0.4, -0.2) is 25.5 Å². The predicted molar refractivity (Wildman–Crippen MR) is 103 cm³/mol. The highest BCUT2D eigenvalue weighted by molar-refractivity contribution is 9.10. The first kappa shape index (κ1) is 16.7. The predicted octanol–water partition coefficient (Wildman–Crippen LogP) is 4.29. The van der Waals surface area contributed by atoms with Crippen LogP contribution in [0.5, 0.6) is 0 Å². The minimum atomic E-state index is -0.215. The molecule has 0 radical (unpaired) electrons. The summed E-state index contributed by atoms with van der Waals surface area (Å²) >= 11 is 4.81. The third kappa shape index (κ3) is 3.47. The number of amides is 1. The minimum Gasteiger partial charge on any atom is -0.306 e. The minimum absolute atomic E-state index is 0.215. The summed E-state index contributed by atoms with van der Waals surface area (Å²) in [7, 11) is 0. The lowest BCUT2D eigenvalue weighted by Crippen LogP contribution is -2.15. The Morgan fingerprint density at radius 1 is 1.04 bits per heavy atom. The second kappa shape index (κ2) is 7.27. The van der Waals surface area contributed by atoms with Gasteiger partial charge in [-0.15, -0.1) is 0 Å². The molecule has 3 aromatic heterocycles. The number of hydrogen-bond donors (Lipinski definition) is 1. The average Bonchev–Trinajstić information content (AvgIpc) is 3.14. The van der Waals surface area contributed by atoms with E-state index in [9.17, 15) is 4.79 Å². The fourth-order valence-corrected chi connectivity index (χ4v) is 3.51. The molecule has 26 heavy (non-hydrogen) atoms. The molecule has 0 spiro atoms. The highest BCUT2D eigenvalue weighted by Gasteiger charge is 2.14. The molecule has 1 amide bonds. The molecule has 0 saturated carbocycles. The number of aromatic nitrogens is 4. The first-order valence-electron chi connectivity index (χ1n) is 7.69. The molecule has 0 aliphatic carbocycles. The summed E-state index contributed by atoms with van der Waals surface area (Å²) in [6, 6.07) is 14.7. The van der Waals surface area contributed by atoms with E-state index < -0.39 is 0 Å². The van der Waals surface area contributed by atoms with Gasteiger partial charge in [0.25, 0.3) is 5.91 Å². The van der Waals surface area contributed by atoms with E-state index in [-0.39, 0.29) is 5.91 Å². The van der Waals surface area contributed by atoms with Crippen LogP contribution in [0.15, 0.2) is 81.5 Å². The molecule has 0 fully saturated rings. The van der Waals surface area contributed by atoms with Gasteiger partial charge in [0.05, 0.1) is 11.8 Å². The maximum atomic E-state index is 12.8. The second-order valence-corrected chi connectivity index (χ2v) is 7.28. The maximum Gasteiger partial charge on any atom is 0.257 e. The number of pyridine rings is 1. The summed E-state index contributed by atoms with van der Waals surface area (Å²) in [4.78, 5) is 22.2. The van der Waals surface area contributed by atoms with Crippen LogP contribution in [0.2, 0.25) is 0 Å². The number of rotatable bonds is 4. The molecule has 0 atom stereocenters. The maximum absolute atomic E-state index is 12.8. The van der Waals surface area contributed by atoms with Crippen LogP contribution < -0.4 is 5.32 Å². The topological polar surface area (TPSA) is 72.2 Å². The van der Waals surface area contributed by atoms with Crippen molar-refractivity contribution in [1.29, 1.82) is 0 Å². The lowest BCUT2D eigenvalue weighted by atomic mass is 10.2. The van der Waals surface area contributed by atoms with E-state index in [1.165, 1.54) is 11.8 Å². The summed E-state index contributed by atoms with van der Waals surface area (Å²) in [5.74, 6) is 0.347. The average molecular weight is 426 g/mol. The standard InChI is InChI=1S/C18H12BrN5OS/c19-12-5-6-17(21-11-12)26-14-4-2-1-3-13(14)18(25)23-16-7-9-20-15-8-10-22-24(15)16/h1-11H,(H,23,25). The Labute approximate surface area is 161 Å². The third-order valence-electron chi connectivity index (χ3n) is 3.58. The monoisotopic (exact) mass is 425 g/mol. The summed E-state index contributed by atoms with van der Waals surface area (Å²) < 4.78 is 2.50. The molecule has 4 rings (SSSR count). The van der Waals surface area contributed by atoms with Crippen LogP contribution >= 0.6 is 27.7 Å². The van der Waals surface area contributed by atoms with Crippen molar-refractivity contribution >= 4 is 45.1 Å².